The fourth-order valence-corrected chi connectivity index (χ4v) is 4.37. The van der Waals surface area contributed by atoms with Crippen molar-refractivity contribution in [3.05, 3.63) is 58.1 Å². The minimum atomic E-state index is 0.0844. The molecule has 2 N–H and O–H groups in total. The zero-order chi connectivity index (χ0) is 14.1. The Hall–Kier alpha value is -0.970. The van der Waals surface area contributed by atoms with Crippen LogP contribution in [0.4, 0.5) is 0 Å². The van der Waals surface area contributed by atoms with Gasteiger partial charge in [0.2, 0.25) is 0 Å². The van der Waals surface area contributed by atoms with Gasteiger partial charge in [0.15, 0.2) is 0 Å². The second kappa shape index (κ2) is 5.80. The molecule has 4 heteroatoms. The third kappa shape index (κ3) is 2.73. The lowest BCUT2D eigenvalue weighted by Crippen LogP contribution is -2.18. The van der Waals surface area contributed by atoms with E-state index >= 15 is 0 Å². The molecule has 2 nitrogen and oxygen atoms in total. The SMILES string of the molecule is COc1ccc2c(c1)S[C@H](c1cccc(Br)c1)C[C@@H]2N. The van der Waals surface area contributed by atoms with Gasteiger partial charge in [-0.15, -0.1) is 11.8 Å². The number of nitrogens with two attached hydrogens (primary N) is 1. The molecule has 0 unspecified atom stereocenters. The molecule has 1 aliphatic rings. The van der Waals surface area contributed by atoms with Crippen LogP contribution in [0.1, 0.15) is 28.8 Å². The van der Waals surface area contributed by atoms with Gasteiger partial charge >= 0.3 is 0 Å². The van der Waals surface area contributed by atoms with Crippen molar-refractivity contribution in [3.63, 3.8) is 0 Å². The van der Waals surface area contributed by atoms with Crippen LogP contribution in [-0.2, 0) is 0 Å². The normalized spacial score (nSPS) is 21.4. The molecule has 2 aromatic carbocycles. The van der Waals surface area contributed by atoms with E-state index in [2.05, 4.69) is 46.3 Å². The Balaban J connectivity index is 1.95. The van der Waals surface area contributed by atoms with Gasteiger partial charge in [0, 0.05) is 20.7 Å². The fraction of sp³-hybridized carbons (Fsp3) is 0.250. The predicted molar refractivity (Wildman–Crippen MR) is 87.3 cm³/mol. The molecule has 0 fully saturated rings. The molecule has 20 heavy (non-hydrogen) atoms. The summed E-state index contributed by atoms with van der Waals surface area (Å²) in [6.45, 7) is 0. The van der Waals surface area contributed by atoms with E-state index in [1.807, 2.05) is 23.9 Å². The first-order chi connectivity index (χ1) is 9.67. The van der Waals surface area contributed by atoms with Crippen LogP contribution in [0.15, 0.2) is 51.8 Å². The average molecular weight is 350 g/mol. The Bertz CT molecular complexity index is 632. The molecule has 0 saturated carbocycles. The molecular formula is C16H16BrNOS. The smallest absolute Gasteiger partial charge is 0.119 e. The van der Waals surface area contributed by atoms with Crippen LogP contribution < -0.4 is 10.5 Å². The summed E-state index contributed by atoms with van der Waals surface area (Å²) in [4.78, 5) is 1.23. The second-order valence-corrected chi connectivity index (χ2v) is 7.07. The standard InChI is InChI=1S/C16H16BrNOS/c1-19-12-5-6-13-14(18)9-15(20-16(13)8-12)10-3-2-4-11(17)7-10/h2-8,14-15H,9,18H2,1H3/t14-,15-/m0/s1. The molecule has 0 bridgehead atoms. The average Bonchev–Trinajstić information content (AvgIpc) is 2.46. The molecule has 0 amide bonds. The Morgan fingerprint density at radius 2 is 2.10 bits per heavy atom. The van der Waals surface area contributed by atoms with Gasteiger partial charge in [0.05, 0.1) is 7.11 Å². The van der Waals surface area contributed by atoms with Crippen LogP contribution >= 0.6 is 27.7 Å². The molecular weight excluding hydrogens is 334 g/mol. The van der Waals surface area contributed by atoms with Crippen molar-refractivity contribution in [1.29, 1.82) is 0 Å². The highest BCUT2D eigenvalue weighted by Crippen LogP contribution is 2.49. The van der Waals surface area contributed by atoms with Crippen LogP contribution in [0.5, 0.6) is 5.75 Å². The number of hydrogen-bond donors (Lipinski definition) is 1. The van der Waals surface area contributed by atoms with Gasteiger partial charge in [-0.25, -0.2) is 0 Å². The van der Waals surface area contributed by atoms with E-state index in [1.54, 1.807) is 7.11 Å². The predicted octanol–water partition coefficient (Wildman–Crippen LogP) is 4.69. The number of thioether (sulfide) groups is 1. The number of rotatable bonds is 2. The highest BCUT2D eigenvalue weighted by molar-refractivity contribution is 9.10. The van der Waals surface area contributed by atoms with Gasteiger partial charge in [-0.3, -0.25) is 0 Å². The van der Waals surface area contributed by atoms with Crippen molar-refractivity contribution < 1.29 is 4.74 Å². The molecule has 2 aromatic rings. The lowest BCUT2D eigenvalue weighted by molar-refractivity contribution is 0.413. The fourth-order valence-electron chi connectivity index (χ4n) is 2.52. The summed E-state index contributed by atoms with van der Waals surface area (Å²) in [5.74, 6) is 0.887. The van der Waals surface area contributed by atoms with Crippen molar-refractivity contribution in [2.24, 2.45) is 5.73 Å². The summed E-state index contributed by atoms with van der Waals surface area (Å²) in [5, 5.41) is 0.391. The topological polar surface area (TPSA) is 35.2 Å². The van der Waals surface area contributed by atoms with Gasteiger partial charge in [-0.1, -0.05) is 34.1 Å². The van der Waals surface area contributed by atoms with Crippen LogP contribution in [-0.4, -0.2) is 7.11 Å². The zero-order valence-corrected chi connectivity index (χ0v) is 13.6. The van der Waals surface area contributed by atoms with Crippen LogP contribution in [0, 0.1) is 0 Å². The first-order valence-corrected chi connectivity index (χ1v) is 8.20. The van der Waals surface area contributed by atoms with Crippen LogP contribution in [0.2, 0.25) is 0 Å². The summed E-state index contributed by atoms with van der Waals surface area (Å²) in [5.41, 5.74) is 8.88. The van der Waals surface area contributed by atoms with Crippen molar-refractivity contribution in [3.8, 4) is 5.75 Å². The monoisotopic (exact) mass is 349 g/mol. The van der Waals surface area contributed by atoms with Crippen molar-refractivity contribution in [1.82, 2.24) is 0 Å². The highest BCUT2D eigenvalue weighted by Gasteiger charge is 2.26. The summed E-state index contributed by atoms with van der Waals surface area (Å²) in [6, 6.07) is 14.7. The van der Waals surface area contributed by atoms with Gasteiger partial charge in [0.25, 0.3) is 0 Å². The van der Waals surface area contributed by atoms with Crippen LogP contribution in [0.3, 0.4) is 0 Å². The van der Waals surface area contributed by atoms with Crippen molar-refractivity contribution in [2.45, 2.75) is 22.6 Å². The number of methoxy groups -OCH3 is 1. The molecule has 3 rings (SSSR count). The lowest BCUT2D eigenvalue weighted by Gasteiger charge is -2.29. The number of benzene rings is 2. The quantitative estimate of drug-likeness (QED) is 0.853. The minimum absolute atomic E-state index is 0.0844. The summed E-state index contributed by atoms with van der Waals surface area (Å²) >= 11 is 5.41. The maximum Gasteiger partial charge on any atom is 0.119 e. The third-order valence-corrected chi connectivity index (χ3v) is 5.43. The maximum absolute atomic E-state index is 6.34. The molecule has 104 valence electrons. The van der Waals surface area contributed by atoms with Gasteiger partial charge in [0.1, 0.15) is 5.75 Å². The Morgan fingerprint density at radius 3 is 2.85 bits per heavy atom. The lowest BCUT2D eigenvalue weighted by atomic mass is 9.98. The Morgan fingerprint density at radius 1 is 1.25 bits per heavy atom. The van der Waals surface area contributed by atoms with E-state index < -0.39 is 0 Å². The molecule has 0 aliphatic carbocycles. The third-order valence-electron chi connectivity index (χ3n) is 3.58. The van der Waals surface area contributed by atoms with E-state index in [0.717, 1.165) is 16.6 Å². The van der Waals surface area contributed by atoms with Gasteiger partial charge < -0.3 is 10.5 Å². The summed E-state index contributed by atoms with van der Waals surface area (Å²) in [6.07, 6.45) is 0.959. The number of ether oxygens (including phenoxy) is 1. The highest BCUT2D eigenvalue weighted by atomic mass is 79.9. The largest absolute Gasteiger partial charge is 0.497 e. The first kappa shape index (κ1) is 14.0. The molecule has 0 aromatic heterocycles. The molecule has 0 saturated heterocycles. The molecule has 1 aliphatic heterocycles. The zero-order valence-electron chi connectivity index (χ0n) is 11.2. The molecule has 2 atom stereocenters. The van der Waals surface area contributed by atoms with E-state index in [4.69, 9.17) is 10.5 Å². The van der Waals surface area contributed by atoms with E-state index in [0.29, 0.717) is 5.25 Å². The second-order valence-electron chi connectivity index (χ2n) is 4.91. The minimum Gasteiger partial charge on any atom is -0.497 e. The van der Waals surface area contributed by atoms with E-state index in [9.17, 15) is 0 Å². The van der Waals surface area contributed by atoms with Gasteiger partial charge in [-0.2, -0.15) is 0 Å². The van der Waals surface area contributed by atoms with E-state index in [-0.39, 0.29) is 6.04 Å². The van der Waals surface area contributed by atoms with Gasteiger partial charge in [-0.05, 0) is 41.8 Å². The van der Waals surface area contributed by atoms with Crippen LogP contribution in [0.25, 0.3) is 0 Å². The Kier molecular flexibility index (Phi) is 4.06. The molecule has 1 heterocycles. The summed E-state index contributed by atoms with van der Waals surface area (Å²) in [7, 11) is 1.70. The number of fused-ring (bicyclic) bond motifs is 1. The van der Waals surface area contributed by atoms with Crippen molar-refractivity contribution >= 4 is 27.7 Å². The molecule has 0 radical (unpaired) electrons. The maximum atomic E-state index is 6.34. The van der Waals surface area contributed by atoms with Crippen molar-refractivity contribution in [2.75, 3.05) is 7.11 Å². The number of halogens is 1. The summed E-state index contributed by atoms with van der Waals surface area (Å²) < 4.78 is 6.43. The Labute approximate surface area is 131 Å². The first-order valence-electron chi connectivity index (χ1n) is 6.53. The van der Waals surface area contributed by atoms with E-state index in [1.165, 1.54) is 16.0 Å². The number of hydrogen-bond acceptors (Lipinski definition) is 3. The molecule has 0 spiro atoms.